The van der Waals surface area contributed by atoms with Gasteiger partial charge in [-0.3, -0.25) is 24.6 Å². The summed E-state index contributed by atoms with van der Waals surface area (Å²) in [6.07, 6.45) is 6.95. The van der Waals surface area contributed by atoms with E-state index in [1.165, 1.54) is 0 Å². The molecule has 184 valence electrons. The molecule has 0 aliphatic carbocycles. The van der Waals surface area contributed by atoms with Crippen molar-refractivity contribution < 1.29 is 4.79 Å². The number of aromatic nitrogens is 4. The minimum atomic E-state index is -0.262. The molecule has 36 heavy (non-hydrogen) atoms. The van der Waals surface area contributed by atoms with Gasteiger partial charge in [-0.2, -0.15) is 0 Å². The molecule has 1 aliphatic heterocycles. The number of nitrogens with zero attached hydrogens (tertiary/aromatic N) is 6. The van der Waals surface area contributed by atoms with Gasteiger partial charge in [-0.15, -0.1) is 0 Å². The Morgan fingerprint density at radius 1 is 0.861 bits per heavy atom. The number of amides is 1. The predicted molar refractivity (Wildman–Crippen MR) is 142 cm³/mol. The van der Waals surface area contributed by atoms with Crippen LogP contribution >= 0.6 is 0 Å². The summed E-state index contributed by atoms with van der Waals surface area (Å²) in [6, 6.07) is 9.70. The quantitative estimate of drug-likeness (QED) is 0.444. The van der Waals surface area contributed by atoms with Crippen LogP contribution in [0.15, 0.2) is 55.1 Å². The second kappa shape index (κ2) is 10.5. The fraction of sp³-hybridized carbons (Fsp3) is 0.321. The van der Waals surface area contributed by atoms with Crippen molar-refractivity contribution in [2.45, 2.75) is 27.3 Å². The number of benzene rings is 1. The minimum Gasteiger partial charge on any atom is -0.306 e. The number of nitrogens with one attached hydrogen (secondary N) is 1. The van der Waals surface area contributed by atoms with Gasteiger partial charge in [0.15, 0.2) is 0 Å². The third-order valence-corrected chi connectivity index (χ3v) is 6.77. The molecule has 0 saturated carbocycles. The van der Waals surface area contributed by atoms with Crippen LogP contribution < -0.4 is 5.32 Å². The first-order valence-electron chi connectivity index (χ1n) is 12.4. The maximum Gasteiger partial charge on any atom is 0.259 e. The Labute approximate surface area is 211 Å². The third-order valence-electron chi connectivity index (χ3n) is 6.77. The maximum absolute atomic E-state index is 13.2. The van der Waals surface area contributed by atoms with E-state index < -0.39 is 0 Å². The average molecular weight is 482 g/mol. The summed E-state index contributed by atoms with van der Waals surface area (Å²) >= 11 is 0. The van der Waals surface area contributed by atoms with E-state index in [0.717, 1.165) is 67.2 Å². The lowest BCUT2D eigenvalue weighted by Crippen LogP contribution is -2.45. The van der Waals surface area contributed by atoms with Gasteiger partial charge in [0.1, 0.15) is 11.3 Å². The molecule has 5 rings (SSSR count). The highest BCUT2D eigenvalue weighted by Gasteiger charge is 2.18. The fourth-order valence-corrected chi connectivity index (χ4v) is 4.66. The van der Waals surface area contributed by atoms with Gasteiger partial charge in [0, 0.05) is 74.3 Å². The Kier molecular flexibility index (Phi) is 6.97. The number of fused-ring (bicyclic) bond motifs is 1. The molecule has 4 aromatic rings. The van der Waals surface area contributed by atoms with Crippen LogP contribution in [0.25, 0.3) is 22.2 Å². The fourth-order valence-electron chi connectivity index (χ4n) is 4.66. The molecule has 4 heterocycles. The smallest absolute Gasteiger partial charge is 0.259 e. The van der Waals surface area contributed by atoms with Crippen LogP contribution in [-0.4, -0.2) is 68.4 Å². The molecule has 1 aliphatic rings. The van der Waals surface area contributed by atoms with E-state index >= 15 is 0 Å². The molecule has 8 heteroatoms. The van der Waals surface area contributed by atoms with Gasteiger partial charge in [-0.25, -0.2) is 4.98 Å². The first-order valence-corrected chi connectivity index (χ1v) is 12.4. The molecule has 1 fully saturated rings. The summed E-state index contributed by atoms with van der Waals surface area (Å²) < 4.78 is 0. The number of hydrogen-bond acceptors (Lipinski definition) is 7. The van der Waals surface area contributed by atoms with E-state index in [1.807, 2.05) is 44.4 Å². The van der Waals surface area contributed by atoms with Gasteiger partial charge < -0.3 is 10.2 Å². The Bertz CT molecular complexity index is 1380. The zero-order valence-corrected chi connectivity index (χ0v) is 21.0. The highest BCUT2D eigenvalue weighted by molar-refractivity contribution is 6.13. The standard InChI is InChI=1S/C28H31N7O/c1-4-34-11-13-35(14-12-34)18-21-5-8-25(32-17-21)33-28(36)23-7-6-22(26-27(23)30-10-9-29-26)24-15-19(2)16-31-20(24)3/h5-10,15-17H,4,11-14,18H2,1-3H3,(H,32,33,36). The highest BCUT2D eigenvalue weighted by atomic mass is 16.1. The molecule has 1 N–H and O–H groups in total. The molecule has 0 radical (unpaired) electrons. The molecule has 0 unspecified atom stereocenters. The zero-order valence-electron chi connectivity index (χ0n) is 21.0. The molecule has 0 bridgehead atoms. The third kappa shape index (κ3) is 5.10. The van der Waals surface area contributed by atoms with Crippen LogP contribution in [-0.2, 0) is 6.54 Å². The summed E-state index contributed by atoms with van der Waals surface area (Å²) in [4.78, 5) is 36.2. The van der Waals surface area contributed by atoms with Crippen LogP contribution in [0.1, 0.15) is 34.1 Å². The average Bonchev–Trinajstić information content (AvgIpc) is 2.91. The molecule has 0 atom stereocenters. The zero-order chi connectivity index (χ0) is 25.1. The predicted octanol–water partition coefficient (Wildman–Crippen LogP) is 4.09. The molecular weight excluding hydrogens is 450 g/mol. The summed E-state index contributed by atoms with van der Waals surface area (Å²) in [5.41, 5.74) is 6.68. The van der Waals surface area contributed by atoms with Crippen molar-refractivity contribution in [2.75, 3.05) is 38.0 Å². The number of aryl methyl sites for hydroxylation is 2. The molecule has 8 nitrogen and oxygen atoms in total. The van der Waals surface area contributed by atoms with Gasteiger partial charge >= 0.3 is 0 Å². The Hall–Kier alpha value is -3.75. The lowest BCUT2D eigenvalue weighted by molar-refractivity contribution is 0.102. The number of anilines is 1. The second-order valence-corrected chi connectivity index (χ2v) is 9.28. The van der Waals surface area contributed by atoms with Gasteiger partial charge in [-0.1, -0.05) is 19.1 Å². The normalized spacial score (nSPS) is 14.8. The first-order chi connectivity index (χ1) is 17.5. The molecule has 3 aromatic heterocycles. The second-order valence-electron chi connectivity index (χ2n) is 9.28. The highest BCUT2D eigenvalue weighted by Crippen LogP contribution is 2.30. The maximum atomic E-state index is 13.2. The molecular formula is C28H31N7O. The van der Waals surface area contributed by atoms with Gasteiger partial charge in [0.05, 0.1) is 11.1 Å². The van der Waals surface area contributed by atoms with E-state index in [2.05, 4.69) is 48.0 Å². The van der Waals surface area contributed by atoms with E-state index in [9.17, 15) is 4.79 Å². The number of pyridine rings is 2. The topological polar surface area (TPSA) is 87.1 Å². The lowest BCUT2D eigenvalue weighted by Gasteiger charge is -2.33. The first kappa shape index (κ1) is 24.0. The van der Waals surface area contributed by atoms with E-state index in [-0.39, 0.29) is 5.91 Å². The van der Waals surface area contributed by atoms with Crippen LogP contribution in [0, 0.1) is 13.8 Å². The molecule has 1 aromatic carbocycles. The van der Waals surface area contributed by atoms with Crippen molar-refractivity contribution in [2.24, 2.45) is 0 Å². The van der Waals surface area contributed by atoms with Gasteiger partial charge in [-0.05, 0) is 49.7 Å². The van der Waals surface area contributed by atoms with Crippen molar-refractivity contribution in [3.8, 4) is 11.1 Å². The monoisotopic (exact) mass is 481 g/mol. The molecule has 1 saturated heterocycles. The number of rotatable bonds is 6. The van der Waals surface area contributed by atoms with Crippen molar-refractivity contribution >= 4 is 22.8 Å². The Morgan fingerprint density at radius 2 is 1.61 bits per heavy atom. The van der Waals surface area contributed by atoms with Crippen LogP contribution in [0.2, 0.25) is 0 Å². The number of carbonyl (C=O) groups is 1. The van der Waals surface area contributed by atoms with Crippen molar-refractivity contribution in [1.29, 1.82) is 0 Å². The summed E-state index contributed by atoms with van der Waals surface area (Å²) in [7, 11) is 0. The van der Waals surface area contributed by atoms with Crippen molar-refractivity contribution in [1.82, 2.24) is 29.7 Å². The summed E-state index contributed by atoms with van der Waals surface area (Å²) in [5.74, 6) is 0.251. The van der Waals surface area contributed by atoms with Gasteiger partial charge in [0.25, 0.3) is 5.91 Å². The summed E-state index contributed by atoms with van der Waals surface area (Å²) in [6.45, 7) is 12.5. The van der Waals surface area contributed by atoms with Crippen molar-refractivity contribution in [3.63, 3.8) is 0 Å². The number of likely N-dealkylation sites (N-methyl/N-ethyl adjacent to an activating group) is 1. The lowest BCUT2D eigenvalue weighted by atomic mass is 9.98. The van der Waals surface area contributed by atoms with E-state index in [4.69, 9.17) is 0 Å². The SMILES string of the molecule is CCN1CCN(Cc2ccc(NC(=O)c3ccc(-c4cc(C)cnc4C)c4nccnc34)nc2)CC1. The summed E-state index contributed by atoms with van der Waals surface area (Å²) in [5, 5.41) is 2.92. The Morgan fingerprint density at radius 3 is 2.33 bits per heavy atom. The van der Waals surface area contributed by atoms with Crippen LogP contribution in [0.5, 0.6) is 0 Å². The van der Waals surface area contributed by atoms with E-state index in [0.29, 0.717) is 22.4 Å². The largest absolute Gasteiger partial charge is 0.306 e. The Balaban J connectivity index is 1.33. The van der Waals surface area contributed by atoms with Crippen LogP contribution in [0.3, 0.4) is 0 Å². The van der Waals surface area contributed by atoms with E-state index in [1.54, 1.807) is 18.5 Å². The minimum absolute atomic E-state index is 0.262. The number of hydrogen-bond donors (Lipinski definition) is 1. The molecule has 0 spiro atoms. The molecule has 1 amide bonds. The van der Waals surface area contributed by atoms with Gasteiger partial charge in [0.2, 0.25) is 0 Å². The van der Waals surface area contributed by atoms with Crippen molar-refractivity contribution in [3.05, 3.63) is 77.5 Å². The number of carbonyl (C=O) groups excluding carboxylic acids is 1. The van der Waals surface area contributed by atoms with Crippen LogP contribution in [0.4, 0.5) is 5.82 Å². The number of piperazine rings is 1.